The van der Waals surface area contributed by atoms with Crippen LogP contribution in [0.3, 0.4) is 0 Å². The van der Waals surface area contributed by atoms with Crippen LogP contribution in [0.25, 0.3) is 0 Å². The Bertz CT molecular complexity index is 583. The van der Waals surface area contributed by atoms with E-state index in [9.17, 15) is 4.79 Å². The minimum Gasteiger partial charge on any atom is -0.361 e. The molecule has 0 bridgehead atoms. The maximum Gasteiger partial charge on any atom is 0.223 e. The maximum absolute atomic E-state index is 11.7. The van der Waals surface area contributed by atoms with Gasteiger partial charge in [0.1, 0.15) is 5.76 Å². The monoisotopic (exact) mass is 350 g/mol. The van der Waals surface area contributed by atoms with E-state index in [2.05, 4.69) is 25.3 Å². The molecule has 8 nitrogen and oxygen atoms in total. The molecule has 8 heteroatoms. The van der Waals surface area contributed by atoms with Crippen LogP contribution in [-0.4, -0.2) is 85.6 Å². The van der Waals surface area contributed by atoms with Crippen LogP contribution in [0.2, 0.25) is 0 Å². The van der Waals surface area contributed by atoms with Gasteiger partial charge < -0.3 is 19.6 Å². The zero-order chi connectivity index (χ0) is 18.4. The quantitative estimate of drug-likeness (QED) is 0.614. The van der Waals surface area contributed by atoms with Crippen molar-refractivity contribution in [2.75, 3.05) is 53.9 Å². The molecule has 1 aromatic heterocycles. The van der Waals surface area contributed by atoms with Gasteiger partial charge in [0.05, 0.1) is 5.69 Å². The highest BCUT2D eigenvalue weighted by Gasteiger charge is 2.20. The van der Waals surface area contributed by atoms with E-state index in [4.69, 9.17) is 4.52 Å². The largest absolute Gasteiger partial charge is 0.361 e. The van der Waals surface area contributed by atoms with E-state index in [1.807, 2.05) is 13.8 Å². The Balaban J connectivity index is 1.79. The van der Waals surface area contributed by atoms with E-state index in [0.29, 0.717) is 13.0 Å². The summed E-state index contributed by atoms with van der Waals surface area (Å²) < 4.78 is 5.20. The van der Waals surface area contributed by atoms with Crippen molar-refractivity contribution >= 4 is 11.9 Å². The summed E-state index contributed by atoms with van der Waals surface area (Å²) in [7, 11) is 5.40. The number of aliphatic imine (C=N–C) groups is 1. The summed E-state index contributed by atoms with van der Waals surface area (Å²) in [5, 5.41) is 7.38. The van der Waals surface area contributed by atoms with Gasteiger partial charge in [-0.2, -0.15) is 0 Å². The van der Waals surface area contributed by atoms with Gasteiger partial charge in [0, 0.05) is 72.4 Å². The summed E-state index contributed by atoms with van der Waals surface area (Å²) >= 11 is 0. The average molecular weight is 350 g/mol. The van der Waals surface area contributed by atoms with Gasteiger partial charge in [-0.1, -0.05) is 5.16 Å². The topological polar surface area (TPSA) is 77.2 Å². The van der Waals surface area contributed by atoms with Crippen LogP contribution in [-0.2, 0) is 11.3 Å². The van der Waals surface area contributed by atoms with E-state index in [0.717, 1.165) is 55.7 Å². The van der Waals surface area contributed by atoms with Crippen molar-refractivity contribution in [1.82, 2.24) is 25.2 Å². The van der Waals surface area contributed by atoms with E-state index in [-0.39, 0.29) is 5.91 Å². The number of carbonyl (C=O) groups excluding carboxylic acids is 1. The van der Waals surface area contributed by atoms with Crippen LogP contribution in [0.4, 0.5) is 0 Å². The Morgan fingerprint density at radius 3 is 2.48 bits per heavy atom. The number of hydrogen-bond donors (Lipinski definition) is 1. The lowest BCUT2D eigenvalue weighted by molar-refractivity contribution is -0.129. The molecule has 1 fully saturated rings. The summed E-state index contributed by atoms with van der Waals surface area (Å²) in [6.07, 6.45) is 0.575. The van der Waals surface area contributed by atoms with Gasteiger partial charge in [-0.15, -0.1) is 0 Å². The molecule has 140 valence electrons. The van der Waals surface area contributed by atoms with Crippen LogP contribution in [0.15, 0.2) is 9.52 Å². The van der Waals surface area contributed by atoms with Gasteiger partial charge >= 0.3 is 0 Å². The number of aromatic nitrogens is 1. The number of carbonyl (C=O) groups is 1. The predicted octanol–water partition coefficient (Wildman–Crippen LogP) is 0.463. The number of guanidine groups is 1. The molecule has 2 heterocycles. The zero-order valence-corrected chi connectivity index (χ0v) is 16.0. The Hall–Kier alpha value is -2.09. The Labute approximate surface area is 149 Å². The van der Waals surface area contributed by atoms with E-state index in [1.54, 1.807) is 26.0 Å². The van der Waals surface area contributed by atoms with Crippen molar-refractivity contribution in [2.45, 2.75) is 26.8 Å². The highest BCUT2D eigenvalue weighted by molar-refractivity contribution is 5.80. The Morgan fingerprint density at radius 2 is 1.96 bits per heavy atom. The molecular formula is C17H30N6O2. The second-order valence-electron chi connectivity index (χ2n) is 6.57. The maximum atomic E-state index is 11.7. The lowest BCUT2D eigenvalue weighted by Crippen LogP contribution is -2.52. The average Bonchev–Trinajstić information content (AvgIpc) is 2.92. The number of nitrogens with one attached hydrogen (secondary N) is 1. The third-order valence-corrected chi connectivity index (χ3v) is 4.63. The van der Waals surface area contributed by atoms with Gasteiger partial charge in [-0.3, -0.25) is 14.7 Å². The highest BCUT2D eigenvalue weighted by Crippen LogP contribution is 2.12. The van der Waals surface area contributed by atoms with Gasteiger partial charge in [0.2, 0.25) is 5.91 Å². The molecule has 0 saturated carbocycles. The molecule has 0 aliphatic carbocycles. The number of aryl methyl sites for hydroxylation is 2. The summed E-state index contributed by atoms with van der Waals surface area (Å²) in [4.78, 5) is 22.3. The molecular weight excluding hydrogens is 320 g/mol. The third kappa shape index (κ3) is 5.19. The van der Waals surface area contributed by atoms with Crippen molar-refractivity contribution in [3.05, 3.63) is 17.0 Å². The first-order chi connectivity index (χ1) is 11.9. The van der Waals surface area contributed by atoms with Crippen molar-refractivity contribution in [3.8, 4) is 0 Å². The smallest absolute Gasteiger partial charge is 0.223 e. The molecule has 2 rings (SSSR count). The minimum atomic E-state index is 0.180. The van der Waals surface area contributed by atoms with Crippen LogP contribution in [0, 0.1) is 13.8 Å². The fourth-order valence-electron chi connectivity index (χ4n) is 2.91. The number of piperazine rings is 1. The minimum absolute atomic E-state index is 0.180. The van der Waals surface area contributed by atoms with Crippen LogP contribution >= 0.6 is 0 Å². The van der Waals surface area contributed by atoms with E-state index >= 15 is 0 Å². The molecule has 1 aliphatic rings. The van der Waals surface area contributed by atoms with Gasteiger partial charge in [0.15, 0.2) is 5.96 Å². The lowest BCUT2D eigenvalue weighted by Gasteiger charge is -2.36. The van der Waals surface area contributed by atoms with E-state index in [1.165, 1.54) is 0 Å². The second-order valence-corrected chi connectivity index (χ2v) is 6.57. The molecule has 0 aromatic carbocycles. The molecule has 1 aromatic rings. The van der Waals surface area contributed by atoms with Crippen LogP contribution in [0.5, 0.6) is 0 Å². The van der Waals surface area contributed by atoms with E-state index < -0.39 is 0 Å². The normalized spacial score (nSPS) is 16.2. The molecule has 1 amide bonds. The molecule has 0 radical (unpaired) electrons. The predicted molar refractivity (Wildman–Crippen MR) is 97.5 cm³/mol. The van der Waals surface area contributed by atoms with Gasteiger partial charge in [-0.05, 0) is 13.8 Å². The summed E-state index contributed by atoms with van der Waals surface area (Å²) in [5.74, 6) is 1.92. The number of hydrogen-bond acceptors (Lipinski definition) is 5. The first kappa shape index (κ1) is 19.2. The van der Waals surface area contributed by atoms with Crippen LogP contribution in [0.1, 0.15) is 23.4 Å². The second kappa shape index (κ2) is 8.84. The first-order valence-corrected chi connectivity index (χ1v) is 8.72. The number of amides is 1. The molecule has 0 unspecified atom stereocenters. The fourth-order valence-corrected chi connectivity index (χ4v) is 2.91. The standard InChI is InChI=1S/C17H30N6O2/c1-13-15(14(2)25-20-13)12-19-17(18-3)23-10-8-22(9-11-23)7-6-16(24)21(4)5/h6-12H2,1-5H3,(H,18,19). The number of rotatable bonds is 5. The molecule has 1 saturated heterocycles. The SMILES string of the molecule is CN=C(NCc1c(C)noc1C)N1CCN(CCC(=O)N(C)C)CC1. The Kier molecular flexibility index (Phi) is 6.81. The van der Waals surface area contributed by atoms with Crippen LogP contribution < -0.4 is 5.32 Å². The van der Waals surface area contributed by atoms with Gasteiger partial charge in [-0.25, -0.2) is 0 Å². The lowest BCUT2D eigenvalue weighted by atomic mass is 10.2. The van der Waals surface area contributed by atoms with Crippen molar-refractivity contribution < 1.29 is 9.32 Å². The molecule has 1 N–H and O–H groups in total. The summed E-state index contributed by atoms with van der Waals surface area (Å²) in [6, 6.07) is 0. The van der Waals surface area contributed by atoms with Crippen molar-refractivity contribution in [1.29, 1.82) is 0 Å². The molecule has 0 spiro atoms. The summed E-state index contributed by atoms with van der Waals surface area (Å²) in [6.45, 7) is 9.02. The third-order valence-electron chi connectivity index (χ3n) is 4.63. The highest BCUT2D eigenvalue weighted by atomic mass is 16.5. The fraction of sp³-hybridized carbons (Fsp3) is 0.706. The van der Waals surface area contributed by atoms with Crippen molar-refractivity contribution in [2.24, 2.45) is 4.99 Å². The summed E-state index contributed by atoms with van der Waals surface area (Å²) in [5.41, 5.74) is 2.00. The van der Waals surface area contributed by atoms with Crippen molar-refractivity contribution in [3.63, 3.8) is 0 Å². The molecule has 0 atom stereocenters. The first-order valence-electron chi connectivity index (χ1n) is 8.72. The van der Waals surface area contributed by atoms with Gasteiger partial charge in [0.25, 0.3) is 0 Å². The zero-order valence-electron chi connectivity index (χ0n) is 16.0. The molecule has 25 heavy (non-hydrogen) atoms. The molecule has 1 aliphatic heterocycles. The number of nitrogens with zero attached hydrogens (tertiary/aromatic N) is 5. The Morgan fingerprint density at radius 1 is 1.28 bits per heavy atom.